The van der Waals surface area contributed by atoms with Gasteiger partial charge in [0.05, 0.1) is 34.0 Å². The van der Waals surface area contributed by atoms with Crippen LogP contribution in [0.1, 0.15) is 44.0 Å². The number of hydrogen-bond donors (Lipinski definition) is 0. The molecule has 1 heterocycles. The fraction of sp³-hybridized carbons (Fsp3) is 0.304. The summed E-state index contributed by atoms with van der Waals surface area (Å²) in [5.74, 6) is 0.113. The maximum absolute atomic E-state index is 13.5. The zero-order valence-electron chi connectivity index (χ0n) is 17.4. The first-order chi connectivity index (χ1) is 14.4. The maximum atomic E-state index is 13.5. The van der Waals surface area contributed by atoms with Crippen molar-refractivity contribution in [3.63, 3.8) is 0 Å². The third-order valence-corrected chi connectivity index (χ3v) is 7.38. The molecule has 3 aromatic rings. The van der Waals surface area contributed by atoms with Crippen molar-refractivity contribution in [1.29, 1.82) is 5.26 Å². The van der Waals surface area contributed by atoms with E-state index >= 15 is 0 Å². The lowest BCUT2D eigenvalue weighted by Gasteiger charge is -2.33. The fourth-order valence-electron chi connectivity index (χ4n) is 3.80. The van der Waals surface area contributed by atoms with Gasteiger partial charge < -0.3 is 0 Å². The summed E-state index contributed by atoms with van der Waals surface area (Å²) in [6.07, 6.45) is 3.36. The van der Waals surface area contributed by atoms with Crippen molar-refractivity contribution in [2.24, 2.45) is 5.92 Å². The number of benzene rings is 2. The van der Waals surface area contributed by atoms with Gasteiger partial charge in [0.15, 0.2) is 0 Å². The second kappa shape index (κ2) is 9.24. The zero-order valence-corrected chi connectivity index (χ0v) is 18.2. The van der Waals surface area contributed by atoms with Gasteiger partial charge in [0.25, 0.3) is 0 Å². The molecule has 0 aliphatic heterocycles. The minimum Gasteiger partial charge on any atom is -0.236 e. The highest BCUT2D eigenvalue weighted by molar-refractivity contribution is 7.89. The molecule has 0 aliphatic carbocycles. The van der Waals surface area contributed by atoms with Crippen molar-refractivity contribution in [1.82, 2.24) is 14.1 Å². The number of sulfonamides is 1. The van der Waals surface area contributed by atoms with Crippen LogP contribution >= 0.6 is 0 Å². The zero-order chi connectivity index (χ0) is 21.7. The van der Waals surface area contributed by atoms with Gasteiger partial charge in [-0.05, 0) is 48.4 Å². The minimum absolute atomic E-state index is 0.113. The van der Waals surface area contributed by atoms with E-state index in [4.69, 9.17) is 5.26 Å². The van der Waals surface area contributed by atoms with E-state index in [1.807, 2.05) is 47.1 Å². The van der Waals surface area contributed by atoms with E-state index in [0.29, 0.717) is 5.56 Å². The molecule has 0 radical (unpaired) electrons. The van der Waals surface area contributed by atoms with Crippen LogP contribution < -0.4 is 0 Å². The molecule has 0 aliphatic rings. The highest BCUT2D eigenvalue weighted by Gasteiger charge is 2.35. The lowest BCUT2D eigenvalue weighted by atomic mass is 9.92. The van der Waals surface area contributed by atoms with Crippen molar-refractivity contribution >= 4 is 10.0 Å². The molecule has 6 nitrogen and oxygen atoms in total. The molecule has 156 valence electrons. The highest BCUT2D eigenvalue weighted by Crippen LogP contribution is 2.36. The first kappa shape index (κ1) is 21.8. The third kappa shape index (κ3) is 4.16. The van der Waals surface area contributed by atoms with Gasteiger partial charge >= 0.3 is 0 Å². The van der Waals surface area contributed by atoms with Crippen LogP contribution in [0, 0.1) is 17.2 Å². The average molecular weight is 423 g/mol. The topological polar surface area (TPSA) is 79.0 Å². The van der Waals surface area contributed by atoms with Gasteiger partial charge in [0, 0.05) is 13.2 Å². The van der Waals surface area contributed by atoms with Crippen molar-refractivity contribution in [3.05, 3.63) is 78.1 Å². The van der Waals surface area contributed by atoms with Gasteiger partial charge in [-0.2, -0.15) is 14.7 Å². The molecule has 0 amide bonds. The molecule has 7 heteroatoms. The van der Waals surface area contributed by atoms with Crippen molar-refractivity contribution < 1.29 is 8.42 Å². The Hall–Kier alpha value is -2.95. The Morgan fingerprint density at radius 2 is 1.67 bits per heavy atom. The molecular weight excluding hydrogens is 396 g/mol. The Morgan fingerprint density at radius 3 is 2.23 bits per heavy atom. The van der Waals surface area contributed by atoms with E-state index < -0.39 is 10.0 Å². The van der Waals surface area contributed by atoms with Gasteiger partial charge in [0.1, 0.15) is 0 Å². The van der Waals surface area contributed by atoms with Gasteiger partial charge in [-0.3, -0.25) is 0 Å². The summed E-state index contributed by atoms with van der Waals surface area (Å²) < 4.78 is 30.2. The van der Waals surface area contributed by atoms with E-state index in [1.165, 1.54) is 28.6 Å². The maximum Gasteiger partial charge on any atom is 0.243 e. The van der Waals surface area contributed by atoms with Crippen LogP contribution in [0.5, 0.6) is 0 Å². The van der Waals surface area contributed by atoms with Crippen LogP contribution in [0.15, 0.2) is 71.8 Å². The lowest BCUT2D eigenvalue weighted by molar-refractivity contribution is 0.248. The molecule has 3 rings (SSSR count). The van der Waals surface area contributed by atoms with Crippen LogP contribution in [0.25, 0.3) is 5.69 Å². The number of hydrogen-bond acceptors (Lipinski definition) is 4. The van der Waals surface area contributed by atoms with E-state index in [2.05, 4.69) is 18.9 Å². The molecule has 2 aromatic carbocycles. The summed E-state index contributed by atoms with van der Waals surface area (Å²) in [5.41, 5.74) is 2.14. The first-order valence-electron chi connectivity index (χ1n) is 10.0. The molecule has 1 unspecified atom stereocenters. The molecule has 0 bridgehead atoms. The summed E-state index contributed by atoms with van der Waals surface area (Å²) in [6, 6.07) is 19.3. The molecule has 0 fully saturated rings. The van der Waals surface area contributed by atoms with Crippen molar-refractivity contribution in [2.75, 3.05) is 7.05 Å². The first-order valence-corrected chi connectivity index (χ1v) is 11.5. The number of aromatic nitrogens is 2. The Balaban J connectivity index is 2.09. The molecule has 0 spiro atoms. The SMILES string of the molecule is CCC(CC)C(c1ccnn1-c1ccccc1)N(C)S(=O)(=O)c1ccc(C#N)cc1. The minimum atomic E-state index is -3.77. The Bertz CT molecular complexity index is 1110. The van der Waals surface area contributed by atoms with Gasteiger partial charge in [-0.15, -0.1) is 0 Å². The predicted octanol–water partition coefficient (Wildman–Crippen LogP) is 4.54. The van der Waals surface area contributed by atoms with E-state index in [9.17, 15) is 8.42 Å². The average Bonchev–Trinajstić information content (AvgIpc) is 3.26. The monoisotopic (exact) mass is 422 g/mol. The van der Waals surface area contributed by atoms with Gasteiger partial charge in [-0.25, -0.2) is 13.1 Å². The fourth-order valence-corrected chi connectivity index (χ4v) is 5.19. The van der Waals surface area contributed by atoms with E-state index in [0.717, 1.165) is 24.2 Å². The molecule has 0 N–H and O–H groups in total. The second-order valence-electron chi connectivity index (χ2n) is 7.18. The number of nitrogens with zero attached hydrogens (tertiary/aromatic N) is 4. The smallest absolute Gasteiger partial charge is 0.236 e. The second-order valence-corrected chi connectivity index (χ2v) is 9.18. The summed E-state index contributed by atoms with van der Waals surface area (Å²) >= 11 is 0. The van der Waals surface area contributed by atoms with Crippen LogP contribution in [0.3, 0.4) is 0 Å². The summed E-state index contributed by atoms with van der Waals surface area (Å²) in [5, 5.41) is 13.5. The van der Waals surface area contributed by atoms with Crippen LogP contribution in [-0.4, -0.2) is 29.6 Å². The predicted molar refractivity (Wildman–Crippen MR) is 116 cm³/mol. The summed E-state index contributed by atoms with van der Waals surface area (Å²) in [6.45, 7) is 4.15. The molecule has 30 heavy (non-hydrogen) atoms. The van der Waals surface area contributed by atoms with Crippen LogP contribution in [0.4, 0.5) is 0 Å². The number of para-hydroxylation sites is 1. The van der Waals surface area contributed by atoms with Crippen molar-refractivity contribution in [2.45, 2.75) is 37.6 Å². The molecular formula is C23H26N4O2S. The number of nitriles is 1. The van der Waals surface area contributed by atoms with E-state index in [-0.39, 0.29) is 16.9 Å². The van der Waals surface area contributed by atoms with Gasteiger partial charge in [0.2, 0.25) is 10.0 Å². The summed E-state index contributed by atoms with van der Waals surface area (Å²) in [4.78, 5) is 0.172. The molecule has 0 saturated heterocycles. The Kier molecular flexibility index (Phi) is 6.70. The number of rotatable bonds is 8. The quantitative estimate of drug-likeness (QED) is 0.534. The lowest BCUT2D eigenvalue weighted by Crippen LogP contribution is -2.36. The van der Waals surface area contributed by atoms with E-state index in [1.54, 1.807) is 13.2 Å². The summed E-state index contributed by atoms with van der Waals surface area (Å²) in [7, 11) is -2.15. The highest BCUT2D eigenvalue weighted by atomic mass is 32.2. The third-order valence-electron chi connectivity index (χ3n) is 5.52. The normalized spacial score (nSPS) is 12.8. The van der Waals surface area contributed by atoms with Gasteiger partial charge in [-0.1, -0.05) is 44.9 Å². The van der Waals surface area contributed by atoms with Crippen molar-refractivity contribution in [3.8, 4) is 11.8 Å². The molecule has 1 atom stereocenters. The largest absolute Gasteiger partial charge is 0.243 e. The molecule has 1 aromatic heterocycles. The van der Waals surface area contributed by atoms with Crippen LogP contribution in [0.2, 0.25) is 0 Å². The van der Waals surface area contributed by atoms with Crippen LogP contribution in [-0.2, 0) is 10.0 Å². The Labute approximate surface area is 178 Å². The molecule has 0 saturated carbocycles. The standard InChI is InChI=1S/C23H26N4O2S/c1-4-19(5-2)23(22-15-16-25-27(22)20-9-7-6-8-10-20)26(3)30(28,29)21-13-11-18(17-24)12-14-21/h6-16,19,23H,4-5H2,1-3H3. The Morgan fingerprint density at radius 1 is 1.03 bits per heavy atom.